The van der Waals surface area contributed by atoms with E-state index in [1.165, 1.54) is 23.1 Å². The monoisotopic (exact) mass is 417 g/mol. The van der Waals surface area contributed by atoms with Crippen LogP contribution in [0.3, 0.4) is 0 Å². The first-order valence-corrected chi connectivity index (χ1v) is 10.7. The van der Waals surface area contributed by atoms with Crippen molar-refractivity contribution in [2.45, 2.75) is 38.9 Å². The molecule has 0 fully saturated rings. The topological polar surface area (TPSA) is 73.2 Å². The van der Waals surface area contributed by atoms with Gasteiger partial charge >= 0.3 is 0 Å². The number of amides is 1. The molecule has 28 heavy (non-hydrogen) atoms. The first-order valence-electron chi connectivity index (χ1n) is 8.90. The molecular formula is C20H23N3O3S2. The number of anilines is 1. The molecule has 2 aromatic heterocycles. The molecule has 1 N–H and O–H groups in total. The van der Waals surface area contributed by atoms with E-state index in [4.69, 9.17) is 4.74 Å². The van der Waals surface area contributed by atoms with Crippen molar-refractivity contribution in [1.29, 1.82) is 0 Å². The summed E-state index contributed by atoms with van der Waals surface area (Å²) >= 11 is 2.79. The van der Waals surface area contributed by atoms with Crippen LogP contribution in [0.5, 0.6) is 5.75 Å². The van der Waals surface area contributed by atoms with Crippen LogP contribution in [0.1, 0.15) is 30.3 Å². The van der Waals surface area contributed by atoms with E-state index in [2.05, 4.69) is 10.3 Å². The summed E-state index contributed by atoms with van der Waals surface area (Å²) in [7, 11) is 1.58. The van der Waals surface area contributed by atoms with Crippen LogP contribution in [-0.4, -0.2) is 28.3 Å². The molecule has 0 aliphatic heterocycles. The SMILES string of the molecule is COc1cccc(NC(=O)CSc2nc3sc(C)c(C)c3c(=O)n2C(C)C)c1. The van der Waals surface area contributed by atoms with Crippen LogP contribution < -0.4 is 15.6 Å². The number of thioether (sulfide) groups is 1. The first kappa shape index (κ1) is 20.4. The number of carbonyl (C=O) groups is 1. The predicted molar refractivity (Wildman–Crippen MR) is 116 cm³/mol. The summed E-state index contributed by atoms with van der Waals surface area (Å²) in [6.07, 6.45) is 0. The van der Waals surface area contributed by atoms with E-state index in [1.807, 2.05) is 39.8 Å². The molecule has 148 valence electrons. The zero-order chi connectivity index (χ0) is 20.4. The van der Waals surface area contributed by atoms with Crippen molar-refractivity contribution in [2.75, 3.05) is 18.2 Å². The van der Waals surface area contributed by atoms with Gasteiger partial charge in [0.1, 0.15) is 10.6 Å². The molecule has 0 bridgehead atoms. The average molecular weight is 418 g/mol. The molecule has 0 aliphatic rings. The maximum absolute atomic E-state index is 13.0. The fourth-order valence-electron chi connectivity index (χ4n) is 2.87. The van der Waals surface area contributed by atoms with Crippen molar-refractivity contribution < 1.29 is 9.53 Å². The highest BCUT2D eigenvalue weighted by atomic mass is 32.2. The summed E-state index contributed by atoms with van der Waals surface area (Å²) in [4.78, 5) is 31.9. The van der Waals surface area contributed by atoms with Gasteiger partial charge in [-0.25, -0.2) is 4.98 Å². The van der Waals surface area contributed by atoms with Gasteiger partial charge in [0.15, 0.2) is 5.16 Å². The predicted octanol–water partition coefficient (Wildman–Crippen LogP) is 4.40. The van der Waals surface area contributed by atoms with Gasteiger partial charge in [0.05, 0.1) is 18.2 Å². The van der Waals surface area contributed by atoms with Gasteiger partial charge < -0.3 is 10.1 Å². The van der Waals surface area contributed by atoms with Gasteiger partial charge in [-0.15, -0.1) is 11.3 Å². The summed E-state index contributed by atoms with van der Waals surface area (Å²) < 4.78 is 6.84. The van der Waals surface area contributed by atoms with Crippen LogP contribution in [0, 0.1) is 13.8 Å². The number of aromatic nitrogens is 2. The number of hydrogen-bond acceptors (Lipinski definition) is 6. The molecule has 0 radical (unpaired) electrons. The van der Waals surface area contributed by atoms with E-state index >= 15 is 0 Å². The zero-order valence-electron chi connectivity index (χ0n) is 16.5. The number of nitrogens with one attached hydrogen (secondary N) is 1. The lowest BCUT2D eigenvalue weighted by Crippen LogP contribution is -2.25. The van der Waals surface area contributed by atoms with Crippen LogP contribution in [0.2, 0.25) is 0 Å². The molecule has 6 nitrogen and oxygen atoms in total. The molecule has 0 unspecified atom stereocenters. The van der Waals surface area contributed by atoms with Crippen LogP contribution in [-0.2, 0) is 4.79 Å². The molecule has 3 rings (SSSR count). The maximum atomic E-state index is 13.0. The van der Waals surface area contributed by atoms with Gasteiger partial charge in [0.25, 0.3) is 5.56 Å². The van der Waals surface area contributed by atoms with Gasteiger partial charge in [0, 0.05) is 22.7 Å². The van der Waals surface area contributed by atoms with Gasteiger partial charge in [0.2, 0.25) is 5.91 Å². The quantitative estimate of drug-likeness (QED) is 0.475. The van der Waals surface area contributed by atoms with Crippen molar-refractivity contribution in [3.63, 3.8) is 0 Å². The lowest BCUT2D eigenvalue weighted by atomic mass is 10.2. The summed E-state index contributed by atoms with van der Waals surface area (Å²) in [5.74, 6) is 0.668. The largest absolute Gasteiger partial charge is 0.497 e. The maximum Gasteiger partial charge on any atom is 0.263 e. The van der Waals surface area contributed by atoms with Crippen molar-refractivity contribution in [3.8, 4) is 5.75 Å². The van der Waals surface area contributed by atoms with E-state index < -0.39 is 0 Å². The number of thiophene rings is 1. The Balaban J connectivity index is 1.84. The number of fused-ring (bicyclic) bond motifs is 1. The molecule has 0 saturated carbocycles. The number of methoxy groups -OCH3 is 1. The van der Waals surface area contributed by atoms with Crippen LogP contribution in [0.15, 0.2) is 34.2 Å². The lowest BCUT2D eigenvalue weighted by Gasteiger charge is -2.15. The molecule has 8 heteroatoms. The fraction of sp³-hybridized carbons (Fsp3) is 0.350. The smallest absolute Gasteiger partial charge is 0.263 e. The minimum absolute atomic E-state index is 0.0439. The van der Waals surface area contributed by atoms with E-state index in [-0.39, 0.29) is 23.3 Å². The summed E-state index contributed by atoms with van der Waals surface area (Å²) in [6, 6.07) is 7.14. The number of aryl methyl sites for hydroxylation is 2. The fourth-order valence-corrected chi connectivity index (χ4v) is 4.87. The Hall–Kier alpha value is -2.32. The minimum Gasteiger partial charge on any atom is -0.497 e. The molecule has 1 aromatic carbocycles. The van der Waals surface area contributed by atoms with Gasteiger partial charge in [-0.2, -0.15) is 0 Å². The third kappa shape index (κ3) is 4.07. The Morgan fingerprint density at radius 3 is 2.79 bits per heavy atom. The average Bonchev–Trinajstić information content (AvgIpc) is 2.94. The molecule has 1 amide bonds. The van der Waals surface area contributed by atoms with Gasteiger partial charge in [-0.05, 0) is 45.4 Å². The summed E-state index contributed by atoms with van der Waals surface area (Å²) in [5.41, 5.74) is 1.61. The van der Waals surface area contributed by atoms with E-state index in [0.29, 0.717) is 22.0 Å². The Morgan fingerprint density at radius 1 is 1.36 bits per heavy atom. The van der Waals surface area contributed by atoms with Crippen LogP contribution in [0.25, 0.3) is 10.2 Å². The van der Waals surface area contributed by atoms with Crippen molar-refractivity contribution in [1.82, 2.24) is 9.55 Å². The van der Waals surface area contributed by atoms with Gasteiger partial charge in [-0.3, -0.25) is 14.2 Å². The molecule has 0 atom stereocenters. The van der Waals surface area contributed by atoms with Crippen LogP contribution >= 0.6 is 23.1 Å². The second kappa shape index (κ2) is 8.36. The molecule has 0 saturated heterocycles. The summed E-state index contributed by atoms with van der Waals surface area (Å²) in [6.45, 7) is 7.85. The Labute approximate surface area is 171 Å². The van der Waals surface area contributed by atoms with Crippen molar-refractivity contribution >= 4 is 44.9 Å². The summed E-state index contributed by atoms with van der Waals surface area (Å²) in [5, 5.41) is 4.09. The van der Waals surface area contributed by atoms with Crippen molar-refractivity contribution in [3.05, 3.63) is 45.1 Å². The van der Waals surface area contributed by atoms with Gasteiger partial charge in [-0.1, -0.05) is 17.8 Å². The molecule has 0 aliphatic carbocycles. The second-order valence-electron chi connectivity index (χ2n) is 6.70. The molecular weight excluding hydrogens is 394 g/mol. The Kier molecular flexibility index (Phi) is 6.10. The zero-order valence-corrected chi connectivity index (χ0v) is 18.2. The normalized spacial score (nSPS) is 11.2. The van der Waals surface area contributed by atoms with E-state index in [0.717, 1.165) is 15.3 Å². The highest BCUT2D eigenvalue weighted by molar-refractivity contribution is 7.99. The first-order chi connectivity index (χ1) is 13.3. The number of hydrogen-bond donors (Lipinski definition) is 1. The van der Waals surface area contributed by atoms with E-state index in [1.54, 1.807) is 23.8 Å². The molecule has 0 spiro atoms. The third-order valence-corrected chi connectivity index (χ3v) is 6.46. The van der Waals surface area contributed by atoms with E-state index in [9.17, 15) is 9.59 Å². The molecule has 2 heterocycles. The Bertz CT molecular complexity index is 1090. The number of benzene rings is 1. The minimum atomic E-state index is -0.165. The molecule has 3 aromatic rings. The van der Waals surface area contributed by atoms with Crippen LogP contribution in [0.4, 0.5) is 5.69 Å². The number of nitrogens with zero attached hydrogens (tertiary/aromatic N) is 2. The number of carbonyl (C=O) groups excluding carboxylic acids is 1. The highest BCUT2D eigenvalue weighted by Gasteiger charge is 2.19. The number of ether oxygens (including phenoxy) is 1. The third-order valence-electron chi connectivity index (χ3n) is 4.40. The number of rotatable bonds is 6. The Morgan fingerprint density at radius 2 is 2.11 bits per heavy atom. The second-order valence-corrected chi connectivity index (χ2v) is 8.84. The lowest BCUT2D eigenvalue weighted by molar-refractivity contribution is -0.113. The standard InChI is InChI=1S/C20H23N3O3S2/c1-11(2)23-19(25)17-12(3)13(4)28-18(17)22-20(23)27-10-16(24)21-14-7-6-8-15(9-14)26-5/h6-9,11H,10H2,1-5H3,(H,21,24). The highest BCUT2D eigenvalue weighted by Crippen LogP contribution is 2.29. The van der Waals surface area contributed by atoms with Crippen molar-refractivity contribution in [2.24, 2.45) is 0 Å².